The number of allylic oxidation sites excluding steroid dienone is 1. The summed E-state index contributed by atoms with van der Waals surface area (Å²) in [5, 5.41) is 29.9. The zero-order chi connectivity index (χ0) is 46.0. The van der Waals surface area contributed by atoms with Crippen molar-refractivity contribution < 1.29 is 56.7 Å². The number of carbonyl (C=O) groups excluding carboxylic acids is 2. The number of amides is 2. The van der Waals surface area contributed by atoms with E-state index in [9.17, 15) is 28.2 Å². The number of hydrogen-bond acceptors (Lipinski definition) is 13. The Hall–Kier alpha value is -5.46. The molecule has 6 rings (SSSR count). The molecule has 64 heavy (non-hydrogen) atoms. The smallest absolute Gasteiger partial charge is 0.417 e. The number of ether oxygens (including phenoxy) is 5. The van der Waals surface area contributed by atoms with Crippen LogP contribution in [0.25, 0.3) is 0 Å². The number of likely N-dealkylation sites (N-methyl/N-ethyl adjacent to an activating group) is 1. The van der Waals surface area contributed by atoms with Crippen LogP contribution in [0.3, 0.4) is 0 Å². The van der Waals surface area contributed by atoms with Crippen LogP contribution in [0.4, 0.5) is 16.2 Å². The quantitative estimate of drug-likeness (QED) is 0.0475. The lowest BCUT2D eigenvalue weighted by atomic mass is 9.55. The molecule has 0 unspecified atom stereocenters. The number of benzene rings is 3. The molecule has 16 nitrogen and oxygen atoms in total. The molecule has 0 saturated heterocycles. The summed E-state index contributed by atoms with van der Waals surface area (Å²) < 4.78 is 61.5. The number of rotatable bonds is 21. The lowest BCUT2D eigenvalue weighted by Gasteiger charge is -2.59. The first-order valence-electron chi connectivity index (χ1n) is 21.6. The summed E-state index contributed by atoms with van der Waals surface area (Å²) >= 11 is 0. The lowest BCUT2D eigenvalue weighted by molar-refractivity contribution is -0.250. The largest absolute Gasteiger partial charge is 0.497 e. The fraction of sp³-hybridized carbons (Fsp3) is 0.468. The Morgan fingerprint density at radius 1 is 0.969 bits per heavy atom. The molecule has 6 atom stereocenters. The number of aliphatic hydroxyl groups excluding tert-OH is 2. The number of oxime groups is 1. The van der Waals surface area contributed by atoms with Gasteiger partial charge in [0.25, 0.3) is 0 Å². The van der Waals surface area contributed by atoms with Crippen LogP contribution in [0.1, 0.15) is 70.3 Å². The maximum atomic E-state index is 14.8. The van der Waals surface area contributed by atoms with E-state index in [1.807, 2.05) is 6.92 Å². The van der Waals surface area contributed by atoms with Crippen LogP contribution in [0.5, 0.6) is 23.0 Å². The average molecular weight is 905 g/mol. The first-order chi connectivity index (χ1) is 30.8. The number of anilines is 2. The molecule has 0 radical (unpaired) electrons. The van der Waals surface area contributed by atoms with Gasteiger partial charge in [0.05, 0.1) is 49.1 Å². The molecule has 1 saturated carbocycles. The molecule has 1 fully saturated rings. The van der Waals surface area contributed by atoms with Crippen LogP contribution >= 0.6 is 0 Å². The molecule has 346 valence electrons. The van der Waals surface area contributed by atoms with Gasteiger partial charge in [-0.3, -0.25) is 10.1 Å². The van der Waals surface area contributed by atoms with Gasteiger partial charge in [-0.05, 0) is 105 Å². The topological polar surface area (TPSA) is 204 Å². The summed E-state index contributed by atoms with van der Waals surface area (Å²) in [5.41, 5.74) is 2.86. The van der Waals surface area contributed by atoms with Crippen molar-refractivity contribution in [1.29, 1.82) is 0 Å². The molecule has 3 aromatic rings. The van der Waals surface area contributed by atoms with Crippen molar-refractivity contribution in [1.82, 2.24) is 4.31 Å². The highest BCUT2D eigenvalue weighted by molar-refractivity contribution is 7.89. The van der Waals surface area contributed by atoms with Gasteiger partial charge in [-0.25, -0.2) is 13.2 Å². The Kier molecular flexibility index (Phi) is 16.1. The van der Waals surface area contributed by atoms with E-state index in [1.165, 1.54) is 56.8 Å². The van der Waals surface area contributed by atoms with Gasteiger partial charge in [0.15, 0.2) is 0 Å². The van der Waals surface area contributed by atoms with Crippen molar-refractivity contribution in [3.63, 3.8) is 0 Å². The molecule has 1 heterocycles. The molecule has 0 spiro atoms. The Morgan fingerprint density at radius 2 is 1.69 bits per heavy atom. The highest BCUT2D eigenvalue weighted by atomic mass is 32.2. The number of nitrogens with one attached hydrogen (secondary N) is 2. The first kappa shape index (κ1) is 48.0. The number of methoxy groups -OCH3 is 2. The molecule has 17 heteroatoms. The van der Waals surface area contributed by atoms with E-state index in [2.05, 4.69) is 28.4 Å². The Balaban J connectivity index is 1.52. The minimum atomic E-state index is -4.27. The second kappa shape index (κ2) is 21.5. The van der Waals surface area contributed by atoms with Crippen molar-refractivity contribution in [3.05, 3.63) is 90.5 Å². The zero-order valence-electron chi connectivity index (χ0n) is 37.1. The monoisotopic (exact) mass is 904 g/mol. The summed E-state index contributed by atoms with van der Waals surface area (Å²) in [6.45, 7) is 7.45. The van der Waals surface area contributed by atoms with Gasteiger partial charge in [0.2, 0.25) is 21.7 Å². The van der Waals surface area contributed by atoms with Crippen molar-refractivity contribution in [2.24, 2.45) is 22.9 Å². The third-order valence-corrected chi connectivity index (χ3v) is 14.0. The number of fused-ring (bicyclic) bond motifs is 2. The second-order valence-electron chi connectivity index (χ2n) is 16.0. The Morgan fingerprint density at radius 3 is 2.34 bits per heavy atom. The maximum Gasteiger partial charge on any atom is 0.417 e. The molecule has 2 amide bonds. The van der Waals surface area contributed by atoms with Crippen LogP contribution in [-0.2, 0) is 24.4 Å². The van der Waals surface area contributed by atoms with Gasteiger partial charge in [0.1, 0.15) is 29.6 Å². The summed E-state index contributed by atoms with van der Waals surface area (Å²) in [6.07, 6.45) is 7.06. The molecule has 3 aromatic carbocycles. The molecule has 1 aliphatic heterocycles. The molecule has 0 aromatic heterocycles. The van der Waals surface area contributed by atoms with E-state index < -0.39 is 39.8 Å². The molecule has 3 aliphatic rings. The van der Waals surface area contributed by atoms with Crippen molar-refractivity contribution in [2.75, 3.05) is 58.3 Å². The summed E-state index contributed by atoms with van der Waals surface area (Å²) in [6, 6.07) is 15.0. The van der Waals surface area contributed by atoms with Gasteiger partial charge >= 0.3 is 6.09 Å². The third-order valence-electron chi connectivity index (χ3n) is 12.1. The normalized spacial score (nSPS) is 22.9. The molecular formula is C47H60N4O12S. The van der Waals surface area contributed by atoms with Gasteiger partial charge in [-0.2, -0.15) is 4.31 Å². The number of unbranched alkanes of at least 4 members (excludes halogenated alkanes) is 2. The summed E-state index contributed by atoms with van der Waals surface area (Å²) in [7, 11) is 0.238. The van der Waals surface area contributed by atoms with Crippen LogP contribution in [0.15, 0.2) is 95.0 Å². The zero-order valence-corrected chi connectivity index (χ0v) is 37.9. The van der Waals surface area contributed by atoms with Crippen LogP contribution in [-0.4, -0.2) is 100 Å². The maximum absolute atomic E-state index is 14.8. The van der Waals surface area contributed by atoms with E-state index in [0.29, 0.717) is 60.0 Å². The summed E-state index contributed by atoms with van der Waals surface area (Å²) in [5.74, 6) is -1.66. The summed E-state index contributed by atoms with van der Waals surface area (Å²) in [4.78, 5) is 31.0. The first-order valence-corrected chi connectivity index (χ1v) is 23.1. The van der Waals surface area contributed by atoms with E-state index >= 15 is 0 Å². The van der Waals surface area contributed by atoms with E-state index in [0.717, 1.165) is 24.0 Å². The van der Waals surface area contributed by atoms with E-state index in [-0.39, 0.29) is 61.2 Å². The fourth-order valence-electron chi connectivity index (χ4n) is 9.30. The molecule has 4 N–H and O–H groups in total. The average Bonchev–Trinajstić information content (AvgIpc) is 3.28. The number of nitrogens with zero attached hydrogens (tertiary/aromatic N) is 2. The number of aliphatic hydroxyl groups is 2. The fourth-order valence-corrected chi connectivity index (χ4v) is 10.7. The van der Waals surface area contributed by atoms with Crippen LogP contribution < -0.4 is 29.6 Å². The molecule has 2 aliphatic carbocycles. The van der Waals surface area contributed by atoms with E-state index in [4.69, 9.17) is 28.5 Å². The van der Waals surface area contributed by atoms with Crippen molar-refractivity contribution >= 4 is 39.1 Å². The second-order valence-corrected chi connectivity index (χ2v) is 18.0. The Labute approximate surface area is 375 Å². The highest BCUT2D eigenvalue weighted by Crippen LogP contribution is 2.62. The predicted molar refractivity (Wildman–Crippen MR) is 241 cm³/mol. The van der Waals surface area contributed by atoms with E-state index in [1.54, 1.807) is 42.5 Å². The number of hydrogen-bond donors (Lipinski definition) is 4. The van der Waals surface area contributed by atoms with Crippen LogP contribution in [0, 0.1) is 17.8 Å². The van der Waals surface area contributed by atoms with Crippen molar-refractivity contribution in [2.45, 2.75) is 81.4 Å². The SMILES string of the molecule is C=CCO[C@@]12Oc3ccc(OC(=O)Nc4ccc(OC)cc4OC)cc3[C@H]3[C@H](CCCCO)[C@@H](CCCCO)C=C(C(=NOCC)C[C@@H]1N(C)S(=O)(=O)c1ccc(NC(C)=O)cc1)[C@H]32. The van der Waals surface area contributed by atoms with Gasteiger partial charge in [-0.15, -0.1) is 6.58 Å². The standard InChI is InChI=1S/C47H60N4O12S/c1-7-25-60-47-43(51(4)64(56,57)35-19-15-32(16-20-35)48-30(3)54)29-40(50-61-8-2)37-26-31(13-9-11-23-52)36(14-10-12-24-53)44(45(37)47)38-27-34(18-22-41(38)63-47)62-46(55)49-39-21-17-33(58-5)28-42(39)59-6/h7,15-22,26-28,31,36,43-45,52-53H,1,8-14,23-25,29H2,2-6H3,(H,48,54)(H,49,55)/t31-,36+,43-,44+,45+,47+/m0/s1. The Bertz CT molecular complexity index is 2300. The third kappa shape index (κ3) is 10.2. The molecule has 0 bridgehead atoms. The van der Waals surface area contributed by atoms with Crippen molar-refractivity contribution in [3.8, 4) is 23.0 Å². The number of carbonyl (C=O) groups is 2. The van der Waals surface area contributed by atoms with Gasteiger partial charge < -0.3 is 44.1 Å². The van der Waals surface area contributed by atoms with Gasteiger partial charge in [-0.1, -0.05) is 30.1 Å². The predicted octanol–water partition coefficient (Wildman–Crippen LogP) is 7.25. The van der Waals surface area contributed by atoms with Crippen LogP contribution in [0.2, 0.25) is 0 Å². The van der Waals surface area contributed by atoms with Gasteiger partial charge in [0, 0.05) is 56.8 Å². The minimum absolute atomic E-state index is 0.00483. The minimum Gasteiger partial charge on any atom is -0.497 e. The highest BCUT2D eigenvalue weighted by Gasteiger charge is 2.65. The molecular weight excluding hydrogens is 845 g/mol. The number of sulfonamides is 1. The lowest BCUT2D eigenvalue weighted by Crippen LogP contribution is -2.69.